The third kappa shape index (κ3) is 2.10. The molecule has 0 aliphatic carbocycles. The highest BCUT2D eigenvalue weighted by Crippen LogP contribution is 2.16. The van der Waals surface area contributed by atoms with Gasteiger partial charge in [0, 0.05) is 5.33 Å². The molecule has 0 saturated heterocycles. The first-order valence-corrected chi connectivity index (χ1v) is 5.06. The Morgan fingerprint density at radius 3 is 2.31 bits per heavy atom. The van der Waals surface area contributed by atoms with Crippen LogP contribution < -0.4 is 0 Å². The monoisotopic (exact) mass is 236 g/mol. The Morgan fingerprint density at radius 2 is 1.62 bits per heavy atom. The van der Waals surface area contributed by atoms with E-state index in [1.807, 2.05) is 0 Å². The number of fused-ring (bicyclic) bond motifs is 1. The lowest BCUT2D eigenvalue weighted by molar-refractivity contribution is 1.47. The van der Waals surface area contributed by atoms with Gasteiger partial charge in [0.15, 0.2) is 0 Å². The van der Waals surface area contributed by atoms with Crippen LogP contribution in [0, 0.1) is 0 Å². The van der Waals surface area contributed by atoms with Crippen LogP contribution in [0.4, 0.5) is 0 Å². The SMILES string of the molecule is BrCc1ccc2ccccc2c1.C. The molecule has 0 bridgehead atoms. The van der Waals surface area contributed by atoms with Gasteiger partial charge in [0.25, 0.3) is 0 Å². The zero-order valence-corrected chi connectivity index (χ0v) is 8.21. The zero-order chi connectivity index (χ0) is 8.39. The van der Waals surface area contributed by atoms with Gasteiger partial charge in [0.1, 0.15) is 0 Å². The second-order valence-electron chi connectivity index (χ2n) is 2.82. The number of halogens is 1. The van der Waals surface area contributed by atoms with Gasteiger partial charge in [-0.2, -0.15) is 0 Å². The minimum absolute atomic E-state index is 0. The molecule has 0 amide bonds. The Labute approximate surface area is 87.7 Å². The molecule has 0 radical (unpaired) electrons. The van der Waals surface area contributed by atoms with Crippen LogP contribution in [0.2, 0.25) is 0 Å². The second-order valence-corrected chi connectivity index (χ2v) is 3.38. The van der Waals surface area contributed by atoms with E-state index in [4.69, 9.17) is 0 Å². The van der Waals surface area contributed by atoms with Crippen LogP contribution >= 0.6 is 15.9 Å². The molecule has 0 aromatic heterocycles. The summed E-state index contributed by atoms with van der Waals surface area (Å²) in [6, 6.07) is 14.9. The molecule has 2 aromatic rings. The molecule has 0 saturated carbocycles. The van der Waals surface area contributed by atoms with E-state index in [2.05, 4.69) is 58.4 Å². The number of alkyl halides is 1. The molecule has 0 spiro atoms. The lowest BCUT2D eigenvalue weighted by Gasteiger charge is -1.98. The molecule has 1 heteroatoms. The average molecular weight is 237 g/mol. The summed E-state index contributed by atoms with van der Waals surface area (Å²) in [4.78, 5) is 0. The maximum absolute atomic E-state index is 3.44. The van der Waals surface area contributed by atoms with E-state index in [-0.39, 0.29) is 7.43 Å². The molecule has 0 nitrogen and oxygen atoms in total. The quantitative estimate of drug-likeness (QED) is 0.646. The molecule has 2 rings (SSSR count). The molecule has 0 atom stereocenters. The van der Waals surface area contributed by atoms with E-state index in [1.165, 1.54) is 16.3 Å². The third-order valence-electron chi connectivity index (χ3n) is 1.97. The fourth-order valence-corrected chi connectivity index (χ4v) is 1.67. The van der Waals surface area contributed by atoms with E-state index >= 15 is 0 Å². The Bertz CT molecular complexity index is 393. The van der Waals surface area contributed by atoms with Crippen molar-refractivity contribution in [1.82, 2.24) is 0 Å². The largest absolute Gasteiger partial charge is 0.0876 e. The predicted octanol–water partition coefficient (Wildman–Crippen LogP) is 4.37. The van der Waals surface area contributed by atoms with Gasteiger partial charge in [-0.25, -0.2) is 0 Å². The van der Waals surface area contributed by atoms with Crippen molar-refractivity contribution in [2.75, 3.05) is 0 Å². The van der Waals surface area contributed by atoms with Gasteiger partial charge in [0.2, 0.25) is 0 Å². The normalized spacial score (nSPS) is 9.62. The van der Waals surface area contributed by atoms with E-state index in [9.17, 15) is 0 Å². The standard InChI is InChI=1S/C11H9Br.CH4/c12-8-9-5-6-10-3-1-2-4-11(10)7-9;/h1-7H,8H2;1H4. The van der Waals surface area contributed by atoms with Crippen LogP contribution in [0.15, 0.2) is 42.5 Å². The molecule has 13 heavy (non-hydrogen) atoms. The lowest BCUT2D eigenvalue weighted by Crippen LogP contribution is -1.77. The number of hydrogen-bond donors (Lipinski definition) is 0. The molecule has 68 valence electrons. The van der Waals surface area contributed by atoms with Crippen molar-refractivity contribution >= 4 is 26.7 Å². The summed E-state index contributed by atoms with van der Waals surface area (Å²) in [5.74, 6) is 0. The van der Waals surface area contributed by atoms with Gasteiger partial charge in [-0.15, -0.1) is 0 Å². The minimum Gasteiger partial charge on any atom is -0.0876 e. The van der Waals surface area contributed by atoms with E-state index < -0.39 is 0 Å². The average Bonchev–Trinajstić information content (AvgIpc) is 2.17. The van der Waals surface area contributed by atoms with Crippen molar-refractivity contribution in [1.29, 1.82) is 0 Å². The highest BCUT2D eigenvalue weighted by Gasteiger charge is 1.92. The molecular weight excluding hydrogens is 224 g/mol. The van der Waals surface area contributed by atoms with Crippen molar-refractivity contribution in [2.45, 2.75) is 12.8 Å². The van der Waals surface area contributed by atoms with E-state index in [0.29, 0.717) is 0 Å². The van der Waals surface area contributed by atoms with Gasteiger partial charge in [-0.05, 0) is 16.3 Å². The summed E-state index contributed by atoms with van der Waals surface area (Å²) in [7, 11) is 0. The van der Waals surface area contributed by atoms with Crippen LogP contribution in [0.5, 0.6) is 0 Å². The molecule has 0 heterocycles. The van der Waals surface area contributed by atoms with Gasteiger partial charge < -0.3 is 0 Å². The Morgan fingerprint density at radius 1 is 0.923 bits per heavy atom. The topological polar surface area (TPSA) is 0 Å². The molecule has 0 unspecified atom stereocenters. The van der Waals surface area contributed by atoms with Gasteiger partial charge in [-0.1, -0.05) is 65.8 Å². The first-order chi connectivity index (χ1) is 5.90. The summed E-state index contributed by atoms with van der Waals surface area (Å²) in [5, 5.41) is 3.55. The molecular formula is C12H13Br. The molecule has 0 N–H and O–H groups in total. The highest BCUT2D eigenvalue weighted by molar-refractivity contribution is 9.08. The van der Waals surface area contributed by atoms with Crippen LogP contribution in [-0.4, -0.2) is 0 Å². The highest BCUT2D eigenvalue weighted by atomic mass is 79.9. The Hall–Kier alpha value is -0.820. The van der Waals surface area contributed by atoms with Gasteiger partial charge in [-0.3, -0.25) is 0 Å². The maximum Gasteiger partial charge on any atom is 0.0283 e. The van der Waals surface area contributed by atoms with E-state index in [0.717, 1.165) is 5.33 Å². The lowest BCUT2D eigenvalue weighted by atomic mass is 10.1. The summed E-state index contributed by atoms with van der Waals surface area (Å²) in [5.41, 5.74) is 1.33. The fourth-order valence-electron chi connectivity index (χ4n) is 1.32. The van der Waals surface area contributed by atoms with E-state index in [1.54, 1.807) is 0 Å². The number of benzene rings is 2. The molecule has 2 aromatic carbocycles. The summed E-state index contributed by atoms with van der Waals surface area (Å²) >= 11 is 3.44. The molecule has 0 aliphatic rings. The summed E-state index contributed by atoms with van der Waals surface area (Å²) in [6.07, 6.45) is 0. The van der Waals surface area contributed by atoms with Crippen molar-refractivity contribution in [3.8, 4) is 0 Å². The molecule has 0 aliphatic heterocycles. The Balaban J connectivity index is 0.000000845. The first-order valence-electron chi connectivity index (χ1n) is 3.94. The second kappa shape index (κ2) is 4.43. The van der Waals surface area contributed by atoms with Gasteiger partial charge in [0.05, 0.1) is 0 Å². The van der Waals surface area contributed by atoms with Crippen molar-refractivity contribution in [2.24, 2.45) is 0 Å². The smallest absolute Gasteiger partial charge is 0.0283 e. The van der Waals surface area contributed by atoms with Crippen molar-refractivity contribution in [3.63, 3.8) is 0 Å². The number of hydrogen-bond acceptors (Lipinski definition) is 0. The maximum atomic E-state index is 3.44. The van der Waals surface area contributed by atoms with Crippen molar-refractivity contribution in [3.05, 3.63) is 48.0 Å². The third-order valence-corrected chi connectivity index (χ3v) is 2.62. The number of rotatable bonds is 1. The van der Waals surface area contributed by atoms with Crippen molar-refractivity contribution < 1.29 is 0 Å². The fraction of sp³-hybridized carbons (Fsp3) is 0.167. The predicted molar refractivity (Wildman–Crippen MR) is 63.3 cm³/mol. The minimum atomic E-state index is 0. The van der Waals surface area contributed by atoms with Crippen LogP contribution in [0.3, 0.4) is 0 Å². The Kier molecular flexibility index (Phi) is 3.49. The summed E-state index contributed by atoms with van der Waals surface area (Å²) < 4.78 is 0. The van der Waals surface area contributed by atoms with Crippen LogP contribution in [0.25, 0.3) is 10.8 Å². The zero-order valence-electron chi connectivity index (χ0n) is 6.63. The van der Waals surface area contributed by atoms with Gasteiger partial charge >= 0.3 is 0 Å². The van der Waals surface area contributed by atoms with Crippen LogP contribution in [0.1, 0.15) is 13.0 Å². The molecule has 0 fully saturated rings. The van der Waals surface area contributed by atoms with Crippen LogP contribution in [-0.2, 0) is 5.33 Å². The first kappa shape index (κ1) is 10.3. The summed E-state index contributed by atoms with van der Waals surface area (Å²) in [6.45, 7) is 0.